The van der Waals surface area contributed by atoms with Crippen LogP contribution >= 0.6 is 0 Å². The first-order chi connectivity index (χ1) is 8.59. The number of hydrogen-bond acceptors (Lipinski definition) is 4. The molecule has 0 saturated carbocycles. The first-order valence-corrected chi connectivity index (χ1v) is 5.38. The van der Waals surface area contributed by atoms with Gasteiger partial charge in [-0.3, -0.25) is 9.59 Å². The van der Waals surface area contributed by atoms with E-state index in [1.165, 1.54) is 6.07 Å². The van der Waals surface area contributed by atoms with Gasteiger partial charge in [-0.2, -0.15) is 0 Å². The minimum Gasteiger partial charge on any atom is -0.349 e. The number of rotatable bonds is 1. The van der Waals surface area contributed by atoms with Gasteiger partial charge in [-0.25, -0.2) is 4.98 Å². The molecular formula is C13H9N3O2. The van der Waals surface area contributed by atoms with E-state index in [-0.39, 0.29) is 5.69 Å². The third-order valence-corrected chi connectivity index (χ3v) is 2.85. The number of imidazole rings is 1. The van der Waals surface area contributed by atoms with Crippen molar-refractivity contribution in [3.05, 3.63) is 35.5 Å². The van der Waals surface area contributed by atoms with Crippen LogP contribution in [0.1, 0.15) is 20.8 Å². The molecular weight excluding hydrogens is 230 g/mol. The Morgan fingerprint density at radius 2 is 1.78 bits per heavy atom. The second kappa shape index (κ2) is 3.44. The summed E-state index contributed by atoms with van der Waals surface area (Å²) in [4.78, 5) is 32.8. The summed E-state index contributed by atoms with van der Waals surface area (Å²) in [6.07, 6.45) is 0. The number of H-pyrrole nitrogens is 1. The number of anilines is 1. The topological polar surface area (TPSA) is 66.1 Å². The zero-order valence-corrected chi connectivity index (χ0v) is 9.87. The summed E-state index contributed by atoms with van der Waals surface area (Å²) in [6, 6.07) is 8.56. The van der Waals surface area contributed by atoms with Gasteiger partial charge in [0.1, 0.15) is 11.4 Å². The molecule has 18 heavy (non-hydrogen) atoms. The Hall–Kier alpha value is -2.61. The van der Waals surface area contributed by atoms with Crippen molar-refractivity contribution in [2.24, 2.45) is 0 Å². The van der Waals surface area contributed by atoms with Crippen LogP contribution in [-0.2, 0) is 0 Å². The molecule has 5 nitrogen and oxygen atoms in total. The highest BCUT2D eigenvalue weighted by molar-refractivity contribution is 6.52. The largest absolute Gasteiger partial charge is 0.349 e. The number of fused-ring (bicyclic) bond motifs is 3. The van der Waals surface area contributed by atoms with Gasteiger partial charge in [0, 0.05) is 31.3 Å². The molecule has 0 spiro atoms. The van der Waals surface area contributed by atoms with Crippen molar-refractivity contribution in [1.29, 1.82) is 0 Å². The molecule has 0 aliphatic heterocycles. The molecule has 3 rings (SSSR count). The van der Waals surface area contributed by atoms with E-state index in [0.717, 1.165) is 0 Å². The summed E-state index contributed by atoms with van der Waals surface area (Å²) in [6.45, 7) is 0. The van der Waals surface area contributed by atoms with Gasteiger partial charge < -0.3 is 9.88 Å². The maximum atomic E-state index is 12.0. The number of carbonyl (C=O) groups excluding carboxylic acids is 2. The molecule has 0 fully saturated rings. The minimum absolute atomic E-state index is 0.246. The lowest BCUT2D eigenvalue weighted by Crippen LogP contribution is -2.21. The van der Waals surface area contributed by atoms with Crippen LogP contribution in [0.4, 0.5) is 5.95 Å². The van der Waals surface area contributed by atoms with Crippen molar-refractivity contribution < 1.29 is 9.59 Å². The van der Waals surface area contributed by atoms with Crippen molar-refractivity contribution in [2.75, 3.05) is 19.0 Å². The summed E-state index contributed by atoms with van der Waals surface area (Å²) in [7, 11) is 3.62. The lowest BCUT2D eigenvalue weighted by atomic mass is 9.91. The molecule has 0 atom stereocenters. The molecule has 0 bridgehead atoms. The predicted octanol–water partition coefficient (Wildman–Crippen LogP) is 1.12. The summed E-state index contributed by atoms with van der Waals surface area (Å²) in [5, 5.41) is 0. The maximum Gasteiger partial charge on any atom is 0.252 e. The van der Waals surface area contributed by atoms with Gasteiger partial charge in [0.25, 0.3) is 5.78 Å². The average molecular weight is 239 g/mol. The Kier molecular flexibility index (Phi) is 2.01. The summed E-state index contributed by atoms with van der Waals surface area (Å²) in [5.74, 6) is -0.545. The highest BCUT2D eigenvalue weighted by Gasteiger charge is 2.33. The number of carbonyl (C=O) groups is 2. The normalized spacial score (nSPS) is 12.8. The summed E-state index contributed by atoms with van der Waals surface area (Å²) < 4.78 is 0. The second-order valence-electron chi connectivity index (χ2n) is 4.24. The molecule has 1 aromatic carbocycles. The third-order valence-electron chi connectivity index (χ3n) is 2.85. The Labute approximate surface area is 103 Å². The lowest BCUT2D eigenvalue weighted by molar-refractivity contribution is 0.0812. The van der Waals surface area contributed by atoms with E-state index in [9.17, 15) is 9.59 Å². The van der Waals surface area contributed by atoms with Crippen molar-refractivity contribution in [2.45, 2.75) is 0 Å². The van der Waals surface area contributed by atoms with Gasteiger partial charge in [0.05, 0.1) is 0 Å². The molecule has 2 aromatic rings. The van der Waals surface area contributed by atoms with Crippen LogP contribution in [0.25, 0.3) is 11.3 Å². The van der Waals surface area contributed by atoms with Gasteiger partial charge >= 0.3 is 0 Å². The van der Waals surface area contributed by atoms with E-state index < -0.39 is 11.6 Å². The van der Waals surface area contributed by atoms with Crippen molar-refractivity contribution in [3.8, 4) is 11.3 Å². The van der Waals surface area contributed by atoms with E-state index in [1.807, 2.05) is 14.1 Å². The highest BCUT2D eigenvalue weighted by atomic mass is 16.2. The fraction of sp³-hybridized carbons (Fsp3) is 0.154. The number of aromatic amines is 1. The van der Waals surface area contributed by atoms with Crippen molar-refractivity contribution in [3.63, 3.8) is 0 Å². The molecule has 0 saturated heterocycles. The molecule has 88 valence electrons. The lowest BCUT2D eigenvalue weighted by Gasteiger charge is -2.10. The molecule has 1 aromatic heterocycles. The standard InChI is InChI=1S/C13H9N3O2/c1-16(2)13-14-9-7-5-3-4-6-8(7)11(17)12(18)10(9)15-13/h5-6H,1-2H3,(H,14,15). The average Bonchev–Trinajstić information content (AvgIpc) is 2.81. The number of nitrogens with one attached hydrogen (secondary N) is 1. The quantitative estimate of drug-likeness (QED) is 0.757. The van der Waals surface area contributed by atoms with Gasteiger partial charge in [0.15, 0.2) is 0 Å². The van der Waals surface area contributed by atoms with Gasteiger partial charge in [-0.05, 0) is 6.07 Å². The molecule has 0 radical (unpaired) electrons. The Balaban J connectivity index is 2.31. The zero-order chi connectivity index (χ0) is 12.9. The van der Waals surface area contributed by atoms with E-state index >= 15 is 0 Å². The van der Waals surface area contributed by atoms with Crippen LogP contribution in [0.3, 0.4) is 0 Å². The first-order valence-electron chi connectivity index (χ1n) is 5.38. The second-order valence-corrected chi connectivity index (χ2v) is 4.24. The van der Waals surface area contributed by atoms with Gasteiger partial charge in [-0.1, -0.05) is 12.1 Å². The maximum absolute atomic E-state index is 12.0. The van der Waals surface area contributed by atoms with Crippen LogP contribution in [0.2, 0.25) is 0 Å². The summed E-state index contributed by atoms with van der Waals surface area (Å²) >= 11 is 0. The third kappa shape index (κ3) is 1.26. The van der Waals surface area contributed by atoms with E-state index in [0.29, 0.717) is 22.8 Å². The number of nitrogens with zero attached hydrogens (tertiary/aromatic N) is 2. The van der Waals surface area contributed by atoms with Crippen LogP contribution in [0.15, 0.2) is 12.1 Å². The van der Waals surface area contributed by atoms with Crippen LogP contribution in [0.5, 0.6) is 0 Å². The molecule has 1 N–H and O–H groups in total. The summed E-state index contributed by atoms with van der Waals surface area (Å²) in [5.41, 5.74) is 1.71. The molecule has 0 unspecified atom stereocenters. The zero-order valence-electron chi connectivity index (χ0n) is 9.87. The number of Topliss-reactive ketones (excluding diaryl/α,β-unsaturated/α-hetero) is 2. The van der Waals surface area contributed by atoms with Crippen molar-refractivity contribution >= 4 is 17.5 Å². The van der Waals surface area contributed by atoms with Crippen LogP contribution in [-0.4, -0.2) is 35.6 Å². The van der Waals surface area contributed by atoms with Crippen LogP contribution < -0.4 is 4.90 Å². The monoisotopic (exact) mass is 239 g/mol. The molecule has 0 amide bonds. The minimum atomic E-state index is -0.558. The number of ketones is 2. The Morgan fingerprint density at radius 3 is 2.44 bits per heavy atom. The van der Waals surface area contributed by atoms with E-state index in [4.69, 9.17) is 0 Å². The molecule has 1 aliphatic rings. The highest BCUT2D eigenvalue weighted by Crippen LogP contribution is 2.32. The molecule has 5 heteroatoms. The fourth-order valence-corrected chi connectivity index (χ4v) is 1.93. The SMILES string of the molecule is CN(C)c1nc2c([nH]1)C(=O)C(=O)c1cc#ccc1-2. The van der Waals surface area contributed by atoms with Gasteiger partial charge in [0.2, 0.25) is 11.7 Å². The smallest absolute Gasteiger partial charge is 0.252 e. The Morgan fingerprint density at radius 1 is 1.11 bits per heavy atom. The van der Waals surface area contributed by atoms with Crippen LogP contribution in [0, 0.1) is 12.1 Å². The molecule has 1 aliphatic carbocycles. The van der Waals surface area contributed by atoms with E-state index in [1.54, 1.807) is 11.0 Å². The van der Waals surface area contributed by atoms with Crippen molar-refractivity contribution in [1.82, 2.24) is 9.97 Å². The number of hydrogen-bond donors (Lipinski definition) is 1. The Bertz CT molecular complexity index is 671. The molecule has 1 heterocycles. The number of aromatic nitrogens is 2. The van der Waals surface area contributed by atoms with Gasteiger partial charge in [-0.15, -0.1) is 0 Å². The van der Waals surface area contributed by atoms with E-state index in [2.05, 4.69) is 22.1 Å². The predicted molar refractivity (Wildman–Crippen MR) is 64.7 cm³/mol. The first kappa shape index (κ1) is 10.5. The fourth-order valence-electron chi connectivity index (χ4n) is 1.93.